The molecular weight excluding hydrogens is 412 g/mol. The third kappa shape index (κ3) is 6.05. The smallest absolute Gasteiger partial charge is 0.0361 e. The molecule has 0 fully saturated rings. The summed E-state index contributed by atoms with van der Waals surface area (Å²) >= 11 is 0. The van der Waals surface area contributed by atoms with E-state index < -0.39 is 0 Å². The number of nitrogens with zero attached hydrogens (tertiary/aromatic N) is 2. The minimum Gasteiger partial charge on any atom is -0.378 e. The molecule has 0 aliphatic rings. The first kappa shape index (κ1) is 23.1. The SMILES string of the molecule is CN(C)c1ccc(/C=C/c2ccc(-c3ccc(/C=C/c4ccc(N(C)C)cc4)cc3)cc2)cc1. The van der Waals surface area contributed by atoms with Crippen molar-refractivity contribution in [3.63, 3.8) is 0 Å². The Morgan fingerprint density at radius 3 is 0.824 bits per heavy atom. The van der Waals surface area contributed by atoms with Crippen molar-refractivity contribution < 1.29 is 0 Å². The number of hydrogen-bond acceptors (Lipinski definition) is 2. The molecule has 0 saturated heterocycles. The summed E-state index contributed by atoms with van der Waals surface area (Å²) < 4.78 is 0. The monoisotopic (exact) mass is 444 g/mol. The summed E-state index contributed by atoms with van der Waals surface area (Å²) in [5, 5.41) is 0. The third-order valence-electron chi connectivity index (χ3n) is 5.91. The molecule has 4 aromatic carbocycles. The Morgan fingerprint density at radius 2 is 0.588 bits per heavy atom. The Bertz CT molecular complexity index is 1140. The minimum absolute atomic E-state index is 1.19. The average Bonchev–Trinajstić information content (AvgIpc) is 2.87. The fraction of sp³-hybridized carbons (Fsp3) is 0.125. The van der Waals surface area contributed by atoms with Gasteiger partial charge in [-0.1, -0.05) is 97.1 Å². The molecule has 170 valence electrons. The molecule has 0 unspecified atom stereocenters. The zero-order valence-corrected chi connectivity index (χ0v) is 20.4. The molecule has 4 aromatic rings. The van der Waals surface area contributed by atoms with Crippen LogP contribution in [0, 0.1) is 0 Å². The highest BCUT2D eigenvalue weighted by atomic mass is 15.1. The molecule has 0 spiro atoms. The highest BCUT2D eigenvalue weighted by Crippen LogP contribution is 2.22. The summed E-state index contributed by atoms with van der Waals surface area (Å²) in [7, 11) is 8.23. The summed E-state index contributed by atoms with van der Waals surface area (Å²) in [4.78, 5) is 4.22. The minimum atomic E-state index is 1.19. The molecule has 0 bridgehead atoms. The standard InChI is InChI=1S/C32H32N2/c1-33(2)31-21-13-27(14-22-31)7-5-25-9-17-29(18-10-25)30-19-11-26(12-20-30)6-8-28-15-23-32(24-16-28)34(3)4/h5-24H,1-4H3/b7-5+,8-6+. The largest absolute Gasteiger partial charge is 0.378 e. The molecule has 4 rings (SSSR count). The van der Waals surface area contributed by atoms with Crippen molar-refractivity contribution in [2.24, 2.45) is 0 Å². The lowest BCUT2D eigenvalue weighted by Crippen LogP contribution is -2.07. The van der Waals surface area contributed by atoms with Crippen LogP contribution in [-0.2, 0) is 0 Å². The highest BCUT2D eigenvalue weighted by molar-refractivity contribution is 5.75. The van der Waals surface area contributed by atoms with Gasteiger partial charge in [0.15, 0.2) is 0 Å². The average molecular weight is 445 g/mol. The zero-order chi connectivity index (χ0) is 23.9. The van der Waals surface area contributed by atoms with Crippen LogP contribution >= 0.6 is 0 Å². The number of rotatable bonds is 7. The van der Waals surface area contributed by atoms with Crippen LogP contribution in [0.5, 0.6) is 0 Å². The van der Waals surface area contributed by atoms with Crippen molar-refractivity contribution in [2.45, 2.75) is 0 Å². The lowest BCUT2D eigenvalue weighted by atomic mass is 10.0. The van der Waals surface area contributed by atoms with E-state index in [0.29, 0.717) is 0 Å². The molecule has 0 amide bonds. The number of hydrogen-bond donors (Lipinski definition) is 0. The van der Waals surface area contributed by atoms with Crippen LogP contribution < -0.4 is 9.80 Å². The van der Waals surface area contributed by atoms with E-state index in [4.69, 9.17) is 0 Å². The van der Waals surface area contributed by atoms with E-state index in [1.807, 2.05) is 0 Å². The Labute approximate surface area is 204 Å². The first-order valence-corrected chi connectivity index (χ1v) is 11.6. The summed E-state index contributed by atoms with van der Waals surface area (Å²) in [5.41, 5.74) is 9.66. The van der Waals surface area contributed by atoms with Gasteiger partial charge >= 0.3 is 0 Å². The van der Waals surface area contributed by atoms with Crippen LogP contribution in [0.25, 0.3) is 35.4 Å². The van der Waals surface area contributed by atoms with Gasteiger partial charge in [0.1, 0.15) is 0 Å². The van der Waals surface area contributed by atoms with E-state index in [1.165, 1.54) is 44.8 Å². The normalized spacial score (nSPS) is 11.3. The molecule has 0 N–H and O–H groups in total. The third-order valence-corrected chi connectivity index (χ3v) is 5.91. The second kappa shape index (κ2) is 10.7. The van der Waals surface area contributed by atoms with E-state index in [0.717, 1.165) is 0 Å². The van der Waals surface area contributed by atoms with Gasteiger partial charge in [-0.2, -0.15) is 0 Å². The second-order valence-electron chi connectivity index (χ2n) is 8.88. The first-order chi connectivity index (χ1) is 16.5. The first-order valence-electron chi connectivity index (χ1n) is 11.6. The molecule has 0 aromatic heterocycles. The van der Waals surface area contributed by atoms with Gasteiger partial charge in [-0.15, -0.1) is 0 Å². The number of anilines is 2. The van der Waals surface area contributed by atoms with Crippen molar-refractivity contribution in [1.29, 1.82) is 0 Å². The van der Waals surface area contributed by atoms with E-state index in [9.17, 15) is 0 Å². The van der Waals surface area contributed by atoms with Crippen molar-refractivity contribution in [3.05, 3.63) is 119 Å². The fourth-order valence-electron chi connectivity index (χ4n) is 3.73. The van der Waals surface area contributed by atoms with Crippen LogP contribution in [0.3, 0.4) is 0 Å². The van der Waals surface area contributed by atoms with Crippen molar-refractivity contribution in [1.82, 2.24) is 0 Å². The van der Waals surface area contributed by atoms with Gasteiger partial charge in [-0.05, 0) is 57.6 Å². The van der Waals surface area contributed by atoms with Crippen LogP contribution in [0.4, 0.5) is 11.4 Å². The summed E-state index contributed by atoms with van der Waals surface area (Å²) in [6.07, 6.45) is 8.63. The van der Waals surface area contributed by atoms with Gasteiger partial charge in [0.25, 0.3) is 0 Å². The molecule has 0 aliphatic carbocycles. The van der Waals surface area contributed by atoms with Crippen LogP contribution in [0.15, 0.2) is 97.1 Å². The molecule has 2 nitrogen and oxygen atoms in total. The zero-order valence-electron chi connectivity index (χ0n) is 20.4. The van der Waals surface area contributed by atoms with Crippen LogP contribution in [-0.4, -0.2) is 28.2 Å². The molecule has 0 radical (unpaired) electrons. The predicted molar refractivity (Wildman–Crippen MR) is 151 cm³/mol. The van der Waals surface area contributed by atoms with Gasteiger partial charge in [0, 0.05) is 39.6 Å². The molecule has 2 heteroatoms. The molecule has 0 saturated carbocycles. The molecule has 34 heavy (non-hydrogen) atoms. The van der Waals surface area contributed by atoms with Crippen LogP contribution in [0.2, 0.25) is 0 Å². The van der Waals surface area contributed by atoms with Gasteiger partial charge in [-0.25, -0.2) is 0 Å². The van der Waals surface area contributed by atoms with Crippen molar-refractivity contribution in [2.75, 3.05) is 38.0 Å². The maximum atomic E-state index is 2.19. The quantitative estimate of drug-likeness (QED) is 0.268. The van der Waals surface area contributed by atoms with Crippen LogP contribution in [0.1, 0.15) is 22.3 Å². The van der Waals surface area contributed by atoms with Gasteiger partial charge in [0.2, 0.25) is 0 Å². The highest BCUT2D eigenvalue weighted by Gasteiger charge is 1.99. The van der Waals surface area contributed by atoms with E-state index in [1.54, 1.807) is 0 Å². The van der Waals surface area contributed by atoms with E-state index >= 15 is 0 Å². The van der Waals surface area contributed by atoms with Gasteiger partial charge < -0.3 is 9.80 Å². The maximum Gasteiger partial charge on any atom is 0.0361 e. The maximum absolute atomic E-state index is 2.19. The molecular formula is C32H32N2. The molecule has 0 heterocycles. The van der Waals surface area contributed by atoms with Gasteiger partial charge in [-0.3, -0.25) is 0 Å². The molecule has 0 atom stereocenters. The summed E-state index contributed by atoms with van der Waals surface area (Å²) in [5.74, 6) is 0. The van der Waals surface area contributed by atoms with E-state index in [-0.39, 0.29) is 0 Å². The van der Waals surface area contributed by atoms with Crippen molar-refractivity contribution >= 4 is 35.7 Å². The van der Waals surface area contributed by atoms with E-state index in [2.05, 4.69) is 159 Å². The predicted octanol–water partition coefficient (Wildman–Crippen LogP) is 7.83. The summed E-state index contributed by atoms with van der Waals surface area (Å²) in [6, 6.07) is 34.6. The number of benzene rings is 4. The Hall–Kier alpha value is -4.04. The Balaban J connectivity index is 1.38. The Morgan fingerprint density at radius 1 is 0.353 bits per heavy atom. The Kier molecular flexibility index (Phi) is 7.29. The van der Waals surface area contributed by atoms with Gasteiger partial charge in [0.05, 0.1) is 0 Å². The summed E-state index contributed by atoms with van der Waals surface area (Å²) in [6.45, 7) is 0. The van der Waals surface area contributed by atoms with Crippen molar-refractivity contribution in [3.8, 4) is 11.1 Å². The topological polar surface area (TPSA) is 6.48 Å². The second-order valence-corrected chi connectivity index (χ2v) is 8.88. The lowest BCUT2D eigenvalue weighted by Gasteiger charge is -2.11. The molecule has 0 aliphatic heterocycles. The fourth-order valence-corrected chi connectivity index (χ4v) is 3.73. The lowest BCUT2D eigenvalue weighted by molar-refractivity contribution is 1.13.